The van der Waals surface area contributed by atoms with Crippen molar-refractivity contribution in [2.75, 3.05) is 23.4 Å². The molecule has 25 heavy (non-hydrogen) atoms. The highest BCUT2D eigenvalue weighted by Crippen LogP contribution is 2.33. The number of hydrogen-bond acceptors (Lipinski definition) is 7. The Morgan fingerprint density at radius 2 is 1.96 bits per heavy atom. The van der Waals surface area contributed by atoms with E-state index in [0.29, 0.717) is 13.1 Å². The first-order valence-corrected chi connectivity index (χ1v) is 8.01. The zero-order valence-corrected chi connectivity index (χ0v) is 13.9. The molecule has 3 rings (SSSR count). The second kappa shape index (κ2) is 7.31. The summed E-state index contributed by atoms with van der Waals surface area (Å²) < 4.78 is 0. The van der Waals surface area contributed by atoms with E-state index in [1.54, 1.807) is 24.3 Å². The van der Waals surface area contributed by atoms with Crippen LogP contribution in [-0.2, 0) is 0 Å². The number of benzene rings is 1. The van der Waals surface area contributed by atoms with E-state index in [1.165, 1.54) is 6.33 Å². The molecular formula is C15H15ClN6O3. The van der Waals surface area contributed by atoms with Crippen LogP contribution in [0.3, 0.4) is 0 Å². The molecule has 0 atom stereocenters. The van der Waals surface area contributed by atoms with Crippen molar-refractivity contribution in [3.05, 3.63) is 51.3 Å². The number of carbonyl (C=O) groups is 1. The fraction of sp³-hybridized carbons (Fsp3) is 0.267. The lowest BCUT2D eigenvalue weighted by molar-refractivity contribution is -0.383. The SMILES string of the molecule is O=C(NNc1ncnc(N2CCCC2)c1[N+](=O)[O-])c1ccccc1Cl. The number of nitrogens with one attached hydrogen (secondary N) is 2. The molecule has 1 aromatic carbocycles. The number of rotatable bonds is 5. The zero-order valence-electron chi connectivity index (χ0n) is 13.1. The standard InChI is InChI=1S/C15H15ClN6O3/c16-11-6-2-1-5-10(11)15(23)20-19-13-12(22(24)25)14(18-9-17-13)21-7-3-4-8-21/h1-2,5-6,9H,3-4,7-8H2,(H,20,23)(H,17,18,19). The maximum absolute atomic E-state index is 12.2. The molecule has 1 aromatic heterocycles. The van der Waals surface area contributed by atoms with Crippen LogP contribution < -0.4 is 15.8 Å². The second-order valence-electron chi connectivity index (χ2n) is 5.40. The van der Waals surface area contributed by atoms with E-state index in [4.69, 9.17) is 11.6 Å². The molecular weight excluding hydrogens is 348 g/mol. The minimum absolute atomic E-state index is 0.0812. The molecule has 0 saturated carbocycles. The molecule has 9 nitrogen and oxygen atoms in total. The Labute approximate surface area is 148 Å². The van der Waals surface area contributed by atoms with Crippen LogP contribution in [0, 0.1) is 10.1 Å². The third kappa shape index (κ3) is 3.61. The predicted octanol–water partition coefficient (Wildman–Crippen LogP) is 2.40. The molecule has 2 heterocycles. The predicted molar refractivity (Wildman–Crippen MR) is 92.7 cm³/mol. The van der Waals surface area contributed by atoms with Crippen molar-refractivity contribution >= 4 is 34.8 Å². The molecule has 0 aliphatic carbocycles. The summed E-state index contributed by atoms with van der Waals surface area (Å²) in [6.45, 7) is 1.40. The number of nitrogens with zero attached hydrogens (tertiary/aromatic N) is 4. The van der Waals surface area contributed by atoms with Crippen LogP contribution in [-0.4, -0.2) is 33.9 Å². The van der Waals surface area contributed by atoms with Gasteiger partial charge in [0.15, 0.2) is 0 Å². The van der Waals surface area contributed by atoms with E-state index < -0.39 is 10.8 Å². The third-order valence-corrected chi connectivity index (χ3v) is 4.13. The van der Waals surface area contributed by atoms with Crippen molar-refractivity contribution in [1.29, 1.82) is 0 Å². The van der Waals surface area contributed by atoms with Gasteiger partial charge < -0.3 is 4.90 Å². The van der Waals surface area contributed by atoms with Crippen LogP contribution in [0.5, 0.6) is 0 Å². The van der Waals surface area contributed by atoms with Crippen LogP contribution in [0.25, 0.3) is 0 Å². The van der Waals surface area contributed by atoms with Crippen molar-refractivity contribution < 1.29 is 9.72 Å². The zero-order chi connectivity index (χ0) is 17.8. The number of halogens is 1. The summed E-state index contributed by atoms with van der Waals surface area (Å²) in [6, 6.07) is 6.49. The average Bonchev–Trinajstić information content (AvgIpc) is 3.14. The topological polar surface area (TPSA) is 113 Å². The molecule has 10 heteroatoms. The van der Waals surface area contributed by atoms with E-state index in [9.17, 15) is 14.9 Å². The summed E-state index contributed by atoms with van der Waals surface area (Å²) in [7, 11) is 0. The number of nitro groups is 1. The van der Waals surface area contributed by atoms with Gasteiger partial charge in [0, 0.05) is 13.1 Å². The average molecular weight is 363 g/mol. The van der Waals surface area contributed by atoms with Crippen molar-refractivity contribution in [1.82, 2.24) is 15.4 Å². The first kappa shape index (κ1) is 16.9. The van der Waals surface area contributed by atoms with Gasteiger partial charge in [-0.25, -0.2) is 9.97 Å². The lowest BCUT2D eigenvalue weighted by Gasteiger charge is -2.17. The molecule has 1 saturated heterocycles. The van der Waals surface area contributed by atoms with Crippen molar-refractivity contribution in [2.24, 2.45) is 0 Å². The molecule has 130 valence electrons. The highest BCUT2D eigenvalue weighted by Gasteiger charge is 2.28. The molecule has 1 aliphatic rings. The molecule has 2 N–H and O–H groups in total. The van der Waals surface area contributed by atoms with Gasteiger partial charge in [-0.2, -0.15) is 0 Å². The summed E-state index contributed by atoms with van der Waals surface area (Å²) in [5.74, 6) is -0.365. The van der Waals surface area contributed by atoms with Gasteiger partial charge >= 0.3 is 5.69 Å². The maximum Gasteiger partial charge on any atom is 0.355 e. The third-order valence-electron chi connectivity index (χ3n) is 3.80. The molecule has 1 fully saturated rings. The van der Waals surface area contributed by atoms with Crippen LogP contribution in [0.4, 0.5) is 17.3 Å². The van der Waals surface area contributed by atoms with Crippen molar-refractivity contribution in [3.63, 3.8) is 0 Å². The number of hydrogen-bond donors (Lipinski definition) is 2. The fourth-order valence-electron chi connectivity index (χ4n) is 2.62. The first-order valence-electron chi connectivity index (χ1n) is 7.63. The van der Waals surface area contributed by atoms with Crippen molar-refractivity contribution in [3.8, 4) is 0 Å². The largest absolute Gasteiger partial charge is 0.355 e. The summed E-state index contributed by atoms with van der Waals surface area (Å²) in [5, 5.41) is 11.8. The normalized spacial score (nSPS) is 13.6. The monoisotopic (exact) mass is 362 g/mol. The second-order valence-corrected chi connectivity index (χ2v) is 5.81. The minimum atomic E-state index is -0.558. The maximum atomic E-state index is 12.2. The van der Waals surface area contributed by atoms with E-state index in [1.807, 2.05) is 4.90 Å². The molecule has 1 amide bonds. The van der Waals surface area contributed by atoms with Crippen LogP contribution in [0.1, 0.15) is 23.2 Å². The Morgan fingerprint density at radius 3 is 2.64 bits per heavy atom. The fourth-order valence-corrected chi connectivity index (χ4v) is 2.84. The van der Waals surface area contributed by atoms with E-state index >= 15 is 0 Å². The van der Waals surface area contributed by atoms with Crippen molar-refractivity contribution in [2.45, 2.75) is 12.8 Å². The highest BCUT2D eigenvalue weighted by molar-refractivity contribution is 6.33. The number of amides is 1. The molecule has 0 radical (unpaired) electrons. The van der Waals surface area contributed by atoms with Crippen LogP contribution in [0.15, 0.2) is 30.6 Å². The van der Waals surface area contributed by atoms with Gasteiger partial charge in [0.1, 0.15) is 6.33 Å². The highest BCUT2D eigenvalue weighted by atomic mass is 35.5. The van der Waals surface area contributed by atoms with Gasteiger partial charge in [-0.1, -0.05) is 23.7 Å². The Hall–Kier alpha value is -2.94. The summed E-state index contributed by atoms with van der Waals surface area (Å²) in [6.07, 6.45) is 3.13. The van der Waals surface area contributed by atoms with Gasteiger partial charge in [-0.15, -0.1) is 0 Å². The van der Waals surface area contributed by atoms with Gasteiger partial charge in [-0.05, 0) is 25.0 Å². The lowest BCUT2D eigenvalue weighted by Crippen LogP contribution is -2.31. The van der Waals surface area contributed by atoms with Crippen LogP contribution in [0.2, 0.25) is 5.02 Å². The smallest absolute Gasteiger partial charge is 0.351 e. The Balaban J connectivity index is 1.82. The van der Waals surface area contributed by atoms with E-state index in [2.05, 4.69) is 20.8 Å². The van der Waals surface area contributed by atoms with Gasteiger partial charge in [-0.3, -0.25) is 25.8 Å². The molecule has 2 aromatic rings. The minimum Gasteiger partial charge on any atom is -0.351 e. The Kier molecular flexibility index (Phi) is 4.94. The van der Waals surface area contributed by atoms with Gasteiger partial charge in [0.2, 0.25) is 11.6 Å². The van der Waals surface area contributed by atoms with E-state index in [0.717, 1.165) is 12.8 Å². The number of carbonyl (C=O) groups excluding carboxylic acids is 1. The Morgan fingerprint density at radius 1 is 1.24 bits per heavy atom. The summed E-state index contributed by atoms with van der Waals surface area (Å²) in [4.78, 5) is 32.9. The number of aromatic nitrogens is 2. The number of anilines is 2. The number of hydrazine groups is 1. The molecule has 1 aliphatic heterocycles. The van der Waals surface area contributed by atoms with Gasteiger partial charge in [0.25, 0.3) is 5.91 Å². The lowest BCUT2D eigenvalue weighted by atomic mass is 10.2. The molecule has 0 spiro atoms. The molecule has 0 unspecified atom stereocenters. The summed E-state index contributed by atoms with van der Waals surface area (Å²) in [5.41, 5.74) is 4.86. The van der Waals surface area contributed by atoms with Gasteiger partial charge in [0.05, 0.1) is 15.5 Å². The Bertz CT molecular complexity index is 810. The first-order chi connectivity index (χ1) is 12.1. The summed E-state index contributed by atoms with van der Waals surface area (Å²) >= 11 is 5.96. The van der Waals surface area contributed by atoms with Crippen LogP contribution >= 0.6 is 11.6 Å². The molecule has 0 bridgehead atoms. The quantitative estimate of drug-likeness (QED) is 0.620. The van der Waals surface area contributed by atoms with E-state index in [-0.39, 0.29) is 27.9 Å².